The highest BCUT2D eigenvalue weighted by atomic mass is 35.5. The van der Waals surface area contributed by atoms with Crippen molar-refractivity contribution in [1.29, 1.82) is 0 Å². The topological polar surface area (TPSA) is 250 Å². The molecule has 0 saturated carbocycles. The lowest BCUT2D eigenvalue weighted by molar-refractivity contribution is 0.00578. The molecule has 28 heteroatoms. The Balaban J connectivity index is 0.000000120. The Hall–Kier alpha value is -10.5. The Bertz CT molecular complexity index is 5530. The number of ether oxygens (including phenoxy) is 1. The summed E-state index contributed by atoms with van der Waals surface area (Å²) in [5.74, 6) is 2.02. The molecular formula is C78H77B2ClN16O6S3. The van der Waals surface area contributed by atoms with Gasteiger partial charge in [0.1, 0.15) is 32.3 Å². The zero-order valence-electron chi connectivity index (χ0n) is 60.7. The minimum Gasteiger partial charge on any atom is -0.442 e. The normalized spacial score (nSPS) is 14.8. The van der Waals surface area contributed by atoms with Crippen LogP contribution in [-0.2, 0) is 37.4 Å². The zero-order valence-corrected chi connectivity index (χ0v) is 63.9. The molecule has 0 bridgehead atoms. The number of carbonyl (C=O) groups is 1. The van der Waals surface area contributed by atoms with Crippen LogP contribution < -0.4 is 21.6 Å². The van der Waals surface area contributed by atoms with Gasteiger partial charge in [-0.25, -0.2) is 39.7 Å². The number of nitrogens with zero attached hydrogens (tertiary/aromatic N) is 12. The molecule has 536 valence electrons. The molecule has 0 amide bonds. The van der Waals surface area contributed by atoms with Crippen LogP contribution in [0.15, 0.2) is 205 Å². The van der Waals surface area contributed by atoms with Crippen LogP contribution in [0.1, 0.15) is 76.2 Å². The van der Waals surface area contributed by atoms with E-state index >= 15 is 0 Å². The highest BCUT2D eigenvalue weighted by Gasteiger charge is 2.53. The molecule has 4 N–H and O–H groups in total. The lowest BCUT2D eigenvalue weighted by Crippen LogP contribution is -2.41. The first-order valence-corrected chi connectivity index (χ1v) is 37.3. The van der Waals surface area contributed by atoms with E-state index in [1.54, 1.807) is 64.9 Å². The van der Waals surface area contributed by atoms with Gasteiger partial charge in [-0.2, -0.15) is 14.9 Å². The van der Waals surface area contributed by atoms with Crippen molar-refractivity contribution >= 4 is 133 Å². The smallest absolute Gasteiger partial charge is 0.442 e. The Labute approximate surface area is 630 Å². The summed E-state index contributed by atoms with van der Waals surface area (Å²) in [6.07, 6.45) is 15.3. The number of H-pyrrole nitrogens is 2. The maximum Gasteiger partial charge on any atom is 0.494 e. The summed E-state index contributed by atoms with van der Waals surface area (Å²) in [6.45, 7) is 22.0. The molecule has 10 aromatic heterocycles. The van der Waals surface area contributed by atoms with Gasteiger partial charge >= 0.3 is 20.3 Å². The molecule has 2 aliphatic rings. The third-order valence-electron chi connectivity index (χ3n) is 19.0. The van der Waals surface area contributed by atoms with Crippen molar-refractivity contribution in [3.8, 4) is 65.7 Å². The number of carbonyl (C=O) groups excluding carboxylic acids is 1. The lowest BCUT2D eigenvalue weighted by atomic mass is 9.79. The maximum absolute atomic E-state index is 12.0. The van der Waals surface area contributed by atoms with Gasteiger partial charge in [0.15, 0.2) is 5.82 Å². The maximum atomic E-state index is 12.0. The summed E-state index contributed by atoms with van der Waals surface area (Å²) in [6, 6.07) is 44.8. The van der Waals surface area contributed by atoms with Crippen LogP contribution in [0.5, 0.6) is 0 Å². The number of aromatic nitrogens is 14. The molecule has 0 aliphatic carbocycles. The summed E-state index contributed by atoms with van der Waals surface area (Å²) in [5.41, 5.74) is 13.5. The third-order valence-corrected chi connectivity index (χ3v) is 21.5. The summed E-state index contributed by atoms with van der Waals surface area (Å²) in [7, 11) is 3.47. The van der Waals surface area contributed by atoms with E-state index in [0.29, 0.717) is 11.6 Å². The molecule has 12 heterocycles. The van der Waals surface area contributed by atoms with Gasteiger partial charge in [-0.15, -0.1) is 34.0 Å². The second-order valence-corrected chi connectivity index (χ2v) is 31.5. The van der Waals surface area contributed by atoms with Crippen molar-refractivity contribution < 1.29 is 28.1 Å². The fourth-order valence-corrected chi connectivity index (χ4v) is 14.0. The summed E-state index contributed by atoms with van der Waals surface area (Å²) in [4.78, 5) is 45.9. The van der Waals surface area contributed by atoms with Gasteiger partial charge in [-0.05, 0) is 183 Å². The minimum atomic E-state index is -0.569. The number of fused-ring (bicyclic) bond motifs is 3. The van der Waals surface area contributed by atoms with E-state index in [0.717, 1.165) is 110 Å². The molecule has 2 fully saturated rings. The van der Waals surface area contributed by atoms with E-state index in [9.17, 15) is 4.79 Å². The monoisotopic (exact) mass is 1490 g/mol. The van der Waals surface area contributed by atoms with Gasteiger partial charge in [0.25, 0.3) is 0 Å². The number of thiazole rings is 3. The Morgan fingerprint density at radius 2 is 1.03 bits per heavy atom. The molecule has 2 aliphatic heterocycles. The van der Waals surface area contributed by atoms with Crippen LogP contribution in [0.3, 0.4) is 0 Å². The predicted octanol–water partition coefficient (Wildman–Crippen LogP) is 17.6. The number of hydrogen-bond donors (Lipinski definition) is 4. The van der Waals surface area contributed by atoms with Crippen molar-refractivity contribution in [2.24, 2.45) is 14.1 Å². The number of nitrogens with one attached hydrogen (secondary N) is 4. The highest BCUT2D eigenvalue weighted by molar-refractivity contribution is 7.13. The molecule has 0 atom stereocenters. The zero-order chi connectivity index (χ0) is 74.3. The molecular weight excluding hydrogens is 1410 g/mol. The number of halogens is 1. The van der Waals surface area contributed by atoms with Crippen molar-refractivity contribution in [2.75, 3.05) is 10.6 Å². The van der Waals surface area contributed by atoms with E-state index in [2.05, 4.69) is 224 Å². The Kier molecular flexibility index (Phi) is 20.1. The molecule has 2 saturated heterocycles. The number of aryl methyl sites for hydroxylation is 2. The SMILES string of the molecule is CC(C)(C)OC(=O)n1cc(-c2ccc(Nc3ccnc(Cl)n3)cc2)cn1.CC1(C)OB(c2ccc3cc(-c4nccs4)[nH]c3c2)OC1(C)C.Cn1c(-c2nccs2)cc2ccc(-c3nccc(Nc4ccc(-c5cn[nH]c5)cc4)n3)cc21.Cn1c(-c2nccs2)cc2ccc(B3OC(C)(C)C(C)(C)O3)cc21. The number of rotatable bonds is 12. The second kappa shape index (κ2) is 29.5. The van der Waals surface area contributed by atoms with Gasteiger partial charge in [-0.1, -0.05) is 60.7 Å². The first-order valence-electron chi connectivity index (χ1n) is 34.2. The Morgan fingerprint density at radius 1 is 0.528 bits per heavy atom. The highest BCUT2D eigenvalue weighted by Crippen LogP contribution is 2.40. The molecule has 0 radical (unpaired) electrons. The average Bonchev–Trinajstić information content (AvgIpc) is 1.49. The first kappa shape index (κ1) is 72.5. The molecule has 15 aromatic rings. The van der Waals surface area contributed by atoms with Crippen LogP contribution >= 0.6 is 45.6 Å². The quantitative estimate of drug-likeness (QED) is 0.0655. The van der Waals surface area contributed by atoms with E-state index in [1.165, 1.54) is 15.5 Å². The van der Waals surface area contributed by atoms with Gasteiger partial charge in [0, 0.05) is 134 Å². The number of hydrogen-bond acceptors (Lipinski definition) is 20. The van der Waals surface area contributed by atoms with Crippen LogP contribution in [0, 0.1) is 0 Å². The molecule has 22 nitrogen and oxygen atoms in total. The van der Waals surface area contributed by atoms with E-state index in [1.807, 2.05) is 110 Å². The van der Waals surface area contributed by atoms with Crippen LogP contribution in [0.2, 0.25) is 5.28 Å². The molecule has 17 rings (SSSR count). The van der Waals surface area contributed by atoms with E-state index in [4.69, 9.17) is 39.9 Å². The average molecular weight is 1490 g/mol. The number of anilines is 4. The van der Waals surface area contributed by atoms with Gasteiger partial charge in [-0.3, -0.25) is 5.10 Å². The van der Waals surface area contributed by atoms with E-state index in [-0.39, 0.29) is 41.9 Å². The molecule has 5 aromatic carbocycles. The molecule has 0 spiro atoms. The summed E-state index contributed by atoms with van der Waals surface area (Å²) in [5, 5.41) is 30.2. The molecule has 0 unspecified atom stereocenters. The number of benzene rings is 5. The standard InChI is InChI=1S/C25H19N7S.C18H21BN2O2S.C18H18ClN5O2.C17H19BN2O2S/c1-32-21-13-18(3-2-17(21)12-22(32)25-27-10-11-33-25)24-26-9-8-23(31-24)30-20-6-4-16(5-7-20)19-14-28-29-15-19;1-17(2)18(3,4)23-19(22-17)13-7-6-12-10-15(16-20-8-9-24-16)21(5)14(12)11-13;1-18(2,3)26-17(25)24-11-13(10-21-24)12-4-6-14(7-5-12)22-15-8-9-20-16(19)23-15;1-16(2)17(3,4)22-18(21-16)12-6-5-11-9-14(20-13(11)10-12)15-19-7-8-23-15/h2-15H,1H3,(H,28,29)(H,26,30,31);6-11H,1-5H3;4-11H,1-3H3,(H,20,22,23);5-10,20H,1-4H3. The van der Waals surface area contributed by atoms with Crippen LogP contribution in [0.25, 0.3) is 98.5 Å². The van der Waals surface area contributed by atoms with Crippen molar-refractivity contribution in [2.45, 2.75) is 104 Å². The second-order valence-electron chi connectivity index (χ2n) is 28.5. The fourth-order valence-electron chi connectivity index (χ4n) is 11.8. The van der Waals surface area contributed by atoms with Gasteiger partial charge < -0.3 is 48.1 Å². The largest absolute Gasteiger partial charge is 0.494 e. The van der Waals surface area contributed by atoms with Crippen molar-refractivity contribution in [1.82, 2.24) is 69.0 Å². The summed E-state index contributed by atoms with van der Waals surface area (Å²) < 4.78 is 35.5. The van der Waals surface area contributed by atoms with E-state index < -0.39 is 11.7 Å². The number of aromatic amines is 2. The first-order chi connectivity index (χ1) is 50.7. The van der Waals surface area contributed by atoms with Crippen molar-refractivity contribution in [3.05, 3.63) is 211 Å². The third kappa shape index (κ3) is 15.9. The van der Waals surface area contributed by atoms with Crippen LogP contribution in [0.4, 0.5) is 27.8 Å². The van der Waals surface area contributed by atoms with Crippen molar-refractivity contribution in [3.63, 3.8) is 0 Å². The molecule has 106 heavy (non-hydrogen) atoms. The van der Waals surface area contributed by atoms with Gasteiger partial charge in [0.05, 0.1) is 51.9 Å². The fraction of sp³-hybridized carbons (Fsp3) is 0.231. The van der Waals surface area contributed by atoms with Crippen LogP contribution in [-0.4, -0.2) is 117 Å². The Morgan fingerprint density at radius 3 is 1.56 bits per heavy atom. The predicted molar refractivity (Wildman–Crippen MR) is 427 cm³/mol. The minimum absolute atomic E-state index is 0.182. The van der Waals surface area contributed by atoms with Gasteiger partial charge in [0.2, 0.25) is 5.28 Å². The lowest BCUT2D eigenvalue weighted by Gasteiger charge is -2.32. The summed E-state index contributed by atoms with van der Waals surface area (Å²) >= 11 is 10.7.